The molecule has 1 heterocycles. The lowest BCUT2D eigenvalue weighted by molar-refractivity contribution is 0.579. The summed E-state index contributed by atoms with van der Waals surface area (Å²) >= 11 is 0. The van der Waals surface area contributed by atoms with Crippen LogP contribution in [0.4, 0.5) is 10.1 Å². The predicted octanol–water partition coefficient (Wildman–Crippen LogP) is 0.366. The van der Waals surface area contributed by atoms with Gasteiger partial charge in [-0.15, -0.1) is 0 Å². The average Bonchev–Trinajstić information content (AvgIpc) is 2.81. The summed E-state index contributed by atoms with van der Waals surface area (Å²) < 4.78 is 41.6. The van der Waals surface area contributed by atoms with Crippen LogP contribution in [0.1, 0.15) is 11.4 Å². The number of nitrogens with zero attached hydrogens (tertiary/aromatic N) is 3. The minimum absolute atomic E-state index is 0.0621. The summed E-state index contributed by atoms with van der Waals surface area (Å²) in [5.74, 6) is -0.0679. The Morgan fingerprint density at radius 2 is 2.14 bits per heavy atom. The number of aryl methyl sites for hydroxylation is 2. The second kappa shape index (κ2) is 5.78. The van der Waals surface area contributed by atoms with Gasteiger partial charge in [0.05, 0.1) is 10.6 Å². The maximum atomic E-state index is 13.4. The number of hydrogen-bond donors (Lipinski definition) is 2. The molecule has 1 aromatic heterocycles. The highest BCUT2D eigenvalue weighted by Crippen LogP contribution is 2.20. The Morgan fingerprint density at radius 3 is 2.71 bits per heavy atom. The number of hydrogen-bond acceptors (Lipinski definition) is 5. The number of benzene rings is 1. The molecule has 0 atom stereocenters. The normalized spacial score (nSPS) is 11.8. The van der Waals surface area contributed by atoms with Crippen LogP contribution in [0.2, 0.25) is 0 Å². The first-order valence-corrected chi connectivity index (χ1v) is 7.68. The number of aromatic nitrogens is 3. The highest BCUT2D eigenvalue weighted by molar-refractivity contribution is 7.89. The molecule has 0 fully saturated rings. The molecule has 3 N–H and O–H groups in total. The largest absolute Gasteiger partial charge is 0.396 e. The minimum Gasteiger partial charge on any atom is -0.396 e. The molecule has 2 rings (SSSR count). The van der Waals surface area contributed by atoms with Gasteiger partial charge in [-0.3, -0.25) is 4.68 Å². The summed E-state index contributed by atoms with van der Waals surface area (Å²) in [6.07, 6.45) is 1.89. The van der Waals surface area contributed by atoms with Crippen molar-refractivity contribution in [2.75, 3.05) is 12.3 Å². The van der Waals surface area contributed by atoms with E-state index in [-0.39, 0.29) is 22.7 Å². The number of nitrogen functional groups attached to an aromatic ring is 1. The van der Waals surface area contributed by atoms with E-state index in [9.17, 15) is 12.8 Å². The standard InChI is InChI=1S/C12H16FN5O2S/c1-8-5-9(6-10(14)12(8)13)21(19,20)16-4-3-11-15-7-18(2)17-11/h5-7,16H,3-4,14H2,1-2H3. The van der Waals surface area contributed by atoms with Crippen molar-refractivity contribution in [3.63, 3.8) is 0 Å². The zero-order valence-corrected chi connectivity index (χ0v) is 12.5. The number of rotatable bonds is 5. The van der Waals surface area contributed by atoms with E-state index in [0.717, 1.165) is 6.07 Å². The van der Waals surface area contributed by atoms with E-state index in [1.54, 1.807) is 7.05 Å². The summed E-state index contributed by atoms with van der Waals surface area (Å²) in [5.41, 5.74) is 5.44. The van der Waals surface area contributed by atoms with Crippen molar-refractivity contribution in [1.82, 2.24) is 19.5 Å². The molecule has 0 radical (unpaired) electrons. The molecule has 9 heteroatoms. The van der Waals surface area contributed by atoms with E-state index in [2.05, 4.69) is 14.8 Å². The number of nitrogens with two attached hydrogens (primary N) is 1. The lowest BCUT2D eigenvalue weighted by atomic mass is 10.2. The van der Waals surface area contributed by atoms with Gasteiger partial charge in [0.1, 0.15) is 12.1 Å². The Hall–Kier alpha value is -2.00. The molecule has 0 aliphatic carbocycles. The number of nitrogens with one attached hydrogen (secondary N) is 1. The van der Waals surface area contributed by atoms with Gasteiger partial charge in [-0.05, 0) is 24.6 Å². The summed E-state index contributed by atoms with van der Waals surface area (Å²) in [7, 11) is -2.02. The van der Waals surface area contributed by atoms with Crippen LogP contribution in [0.15, 0.2) is 23.4 Å². The van der Waals surface area contributed by atoms with E-state index < -0.39 is 15.8 Å². The number of anilines is 1. The molecular weight excluding hydrogens is 297 g/mol. The van der Waals surface area contributed by atoms with Crippen LogP contribution in [0.25, 0.3) is 0 Å². The lowest BCUT2D eigenvalue weighted by Gasteiger charge is -2.08. The van der Waals surface area contributed by atoms with Crippen LogP contribution < -0.4 is 10.5 Å². The smallest absolute Gasteiger partial charge is 0.240 e. The van der Waals surface area contributed by atoms with Gasteiger partial charge in [0.2, 0.25) is 10.0 Å². The molecule has 21 heavy (non-hydrogen) atoms. The van der Waals surface area contributed by atoms with E-state index in [4.69, 9.17) is 5.73 Å². The van der Waals surface area contributed by atoms with Crippen LogP contribution >= 0.6 is 0 Å². The second-order valence-electron chi connectivity index (χ2n) is 4.63. The quantitative estimate of drug-likeness (QED) is 0.776. The van der Waals surface area contributed by atoms with Crippen LogP contribution in [0, 0.1) is 12.7 Å². The predicted molar refractivity (Wildman–Crippen MR) is 75.4 cm³/mol. The van der Waals surface area contributed by atoms with Crippen molar-refractivity contribution in [2.24, 2.45) is 7.05 Å². The fourth-order valence-electron chi connectivity index (χ4n) is 1.80. The fraction of sp³-hybridized carbons (Fsp3) is 0.333. The first-order chi connectivity index (χ1) is 9.79. The maximum absolute atomic E-state index is 13.4. The third-order valence-corrected chi connectivity index (χ3v) is 4.29. The van der Waals surface area contributed by atoms with Gasteiger partial charge in [-0.25, -0.2) is 22.5 Å². The van der Waals surface area contributed by atoms with Gasteiger partial charge in [0.25, 0.3) is 0 Å². The van der Waals surface area contributed by atoms with Crippen molar-refractivity contribution in [3.8, 4) is 0 Å². The molecule has 0 aliphatic rings. The Balaban J connectivity index is 2.08. The van der Waals surface area contributed by atoms with Gasteiger partial charge in [-0.1, -0.05) is 0 Å². The van der Waals surface area contributed by atoms with Crippen LogP contribution in [-0.4, -0.2) is 29.7 Å². The maximum Gasteiger partial charge on any atom is 0.240 e. The summed E-state index contributed by atoms with van der Waals surface area (Å²) in [6, 6.07) is 2.34. The molecule has 0 saturated carbocycles. The molecule has 0 saturated heterocycles. The van der Waals surface area contributed by atoms with Gasteiger partial charge >= 0.3 is 0 Å². The van der Waals surface area contributed by atoms with Crippen LogP contribution in [0.5, 0.6) is 0 Å². The van der Waals surface area contributed by atoms with E-state index >= 15 is 0 Å². The molecule has 1 aromatic carbocycles. The van der Waals surface area contributed by atoms with Crippen molar-refractivity contribution in [1.29, 1.82) is 0 Å². The van der Waals surface area contributed by atoms with Crippen LogP contribution in [-0.2, 0) is 23.5 Å². The summed E-state index contributed by atoms with van der Waals surface area (Å²) in [5, 5.41) is 4.04. The van der Waals surface area contributed by atoms with Crippen molar-refractivity contribution in [3.05, 3.63) is 35.7 Å². The fourth-order valence-corrected chi connectivity index (χ4v) is 2.95. The van der Waals surface area contributed by atoms with Gasteiger partial charge in [-0.2, -0.15) is 5.10 Å². The molecule has 0 spiro atoms. The first kappa shape index (κ1) is 15.4. The van der Waals surface area contributed by atoms with Gasteiger partial charge in [0, 0.05) is 20.0 Å². The molecule has 0 unspecified atom stereocenters. The third-order valence-electron chi connectivity index (χ3n) is 2.85. The zero-order valence-electron chi connectivity index (χ0n) is 11.7. The topological polar surface area (TPSA) is 103 Å². The van der Waals surface area contributed by atoms with Gasteiger partial charge < -0.3 is 5.73 Å². The Morgan fingerprint density at radius 1 is 1.43 bits per heavy atom. The summed E-state index contributed by atoms with van der Waals surface area (Å²) in [4.78, 5) is 3.93. The lowest BCUT2D eigenvalue weighted by Crippen LogP contribution is -2.26. The highest BCUT2D eigenvalue weighted by atomic mass is 32.2. The highest BCUT2D eigenvalue weighted by Gasteiger charge is 2.17. The van der Waals surface area contributed by atoms with Gasteiger partial charge in [0.15, 0.2) is 5.82 Å². The minimum atomic E-state index is -3.74. The monoisotopic (exact) mass is 313 g/mol. The number of halogens is 1. The zero-order chi connectivity index (χ0) is 15.6. The molecule has 2 aromatic rings. The first-order valence-electron chi connectivity index (χ1n) is 6.19. The molecule has 0 bridgehead atoms. The molecule has 114 valence electrons. The SMILES string of the molecule is Cc1cc(S(=O)(=O)NCCc2ncn(C)n2)cc(N)c1F. The molecule has 0 aliphatic heterocycles. The Kier molecular flexibility index (Phi) is 4.24. The second-order valence-corrected chi connectivity index (χ2v) is 6.39. The molecular formula is C12H16FN5O2S. The van der Waals surface area contributed by atoms with Crippen LogP contribution in [0.3, 0.4) is 0 Å². The van der Waals surface area contributed by atoms with Crippen molar-refractivity contribution in [2.45, 2.75) is 18.2 Å². The van der Waals surface area contributed by atoms with E-state index in [1.165, 1.54) is 24.0 Å². The molecule has 0 amide bonds. The third kappa shape index (κ3) is 3.56. The molecule has 7 nitrogen and oxygen atoms in total. The van der Waals surface area contributed by atoms with Crippen molar-refractivity contribution >= 4 is 15.7 Å². The average molecular weight is 313 g/mol. The van der Waals surface area contributed by atoms with Crippen molar-refractivity contribution < 1.29 is 12.8 Å². The Labute approximate surface area is 122 Å². The Bertz CT molecular complexity index is 734. The van der Waals surface area contributed by atoms with E-state index in [0.29, 0.717) is 12.2 Å². The summed E-state index contributed by atoms with van der Waals surface area (Å²) in [6.45, 7) is 1.60. The van der Waals surface area contributed by atoms with E-state index in [1.807, 2.05) is 0 Å². The number of sulfonamides is 1.